The number of benzene rings is 1. The van der Waals surface area contributed by atoms with Crippen molar-refractivity contribution in [1.29, 1.82) is 0 Å². The van der Waals surface area contributed by atoms with Crippen molar-refractivity contribution >= 4 is 17.9 Å². The van der Waals surface area contributed by atoms with Gasteiger partial charge in [0.25, 0.3) is 11.9 Å². The minimum atomic E-state index is -0.833. The molecule has 1 saturated heterocycles. The van der Waals surface area contributed by atoms with Gasteiger partial charge in [-0.05, 0) is 30.6 Å². The van der Waals surface area contributed by atoms with Crippen LogP contribution < -0.4 is 5.32 Å². The van der Waals surface area contributed by atoms with Gasteiger partial charge in [0.15, 0.2) is 0 Å². The third-order valence-corrected chi connectivity index (χ3v) is 3.22. The van der Waals surface area contributed by atoms with E-state index in [0.29, 0.717) is 0 Å². The summed E-state index contributed by atoms with van der Waals surface area (Å²) in [5.41, 5.74) is 2.12. The molecule has 0 saturated carbocycles. The van der Waals surface area contributed by atoms with Crippen LogP contribution in [-0.2, 0) is 27.3 Å². The third-order valence-electron chi connectivity index (χ3n) is 3.22. The Balaban J connectivity index is 0.000000662. The van der Waals surface area contributed by atoms with Crippen molar-refractivity contribution in [3.63, 3.8) is 0 Å². The van der Waals surface area contributed by atoms with Gasteiger partial charge < -0.3 is 20.6 Å². The fourth-order valence-electron chi connectivity index (χ4n) is 2.26. The summed E-state index contributed by atoms with van der Waals surface area (Å²) < 4.78 is 0. The molecule has 2 rings (SSSR count). The topological polar surface area (TPSA) is 127 Å². The first-order valence-corrected chi connectivity index (χ1v) is 8.32. The maximum Gasteiger partial charge on any atom is 0.307 e. The average Bonchev–Trinajstić information content (AvgIpc) is 2.76. The van der Waals surface area contributed by atoms with Crippen molar-refractivity contribution in [2.45, 2.75) is 33.2 Å². The number of nitrogens with zero attached hydrogens (tertiary/aromatic N) is 1. The third kappa shape index (κ3) is 15.1. The predicted molar refractivity (Wildman–Crippen MR) is 97.2 cm³/mol. The van der Waals surface area contributed by atoms with E-state index in [-0.39, 0.29) is 6.42 Å². The molecule has 1 aromatic rings. The molecular weight excluding hydrogens is 340 g/mol. The molecule has 26 heavy (non-hydrogen) atoms. The lowest BCUT2D eigenvalue weighted by Crippen LogP contribution is -2.27. The van der Waals surface area contributed by atoms with Crippen LogP contribution in [0.5, 0.6) is 0 Å². The molecule has 1 aromatic carbocycles. The van der Waals surface area contributed by atoms with Gasteiger partial charge in [0.05, 0.1) is 6.42 Å². The van der Waals surface area contributed by atoms with Crippen LogP contribution >= 0.6 is 0 Å². The smallest absolute Gasteiger partial charge is 0.307 e. The van der Waals surface area contributed by atoms with Crippen LogP contribution in [0.3, 0.4) is 0 Å². The lowest BCUT2D eigenvalue weighted by atomic mass is 10.1. The van der Waals surface area contributed by atoms with Gasteiger partial charge in [0.1, 0.15) is 0 Å². The van der Waals surface area contributed by atoms with Crippen LogP contribution in [0.1, 0.15) is 31.4 Å². The number of carboxylic acid groups (broad SMARTS) is 3. The van der Waals surface area contributed by atoms with Gasteiger partial charge in [-0.2, -0.15) is 0 Å². The van der Waals surface area contributed by atoms with Crippen LogP contribution in [0.15, 0.2) is 24.3 Å². The summed E-state index contributed by atoms with van der Waals surface area (Å²) in [6.07, 6.45) is 1.30. The summed E-state index contributed by atoms with van der Waals surface area (Å²) in [5, 5.41) is 26.9. The number of hydrogen-bond acceptors (Lipinski definition) is 5. The predicted octanol–water partition coefficient (Wildman–Crippen LogP) is 1.29. The molecule has 8 heteroatoms. The maximum atomic E-state index is 10.6. The molecule has 0 unspecified atom stereocenters. The first-order chi connectivity index (χ1) is 12.2. The molecule has 0 aliphatic carbocycles. The molecule has 0 atom stereocenters. The molecule has 4 N–H and O–H groups in total. The number of aliphatic carboxylic acids is 3. The molecule has 0 bridgehead atoms. The normalized spacial score (nSPS) is 13.9. The van der Waals surface area contributed by atoms with Crippen molar-refractivity contribution in [3.8, 4) is 0 Å². The summed E-state index contributed by atoms with van der Waals surface area (Å²) in [6, 6.07) is 7.91. The lowest BCUT2D eigenvalue weighted by Gasteiger charge is -2.19. The Morgan fingerprint density at radius 1 is 0.923 bits per heavy atom. The van der Waals surface area contributed by atoms with Gasteiger partial charge in [-0.15, -0.1) is 0 Å². The number of carbonyl (C=O) groups is 3. The van der Waals surface area contributed by atoms with Crippen LogP contribution in [0.25, 0.3) is 0 Å². The van der Waals surface area contributed by atoms with E-state index in [1.807, 2.05) is 24.3 Å². The van der Waals surface area contributed by atoms with Gasteiger partial charge in [-0.1, -0.05) is 24.3 Å². The fraction of sp³-hybridized carbons (Fsp3) is 0.500. The highest BCUT2D eigenvalue weighted by Crippen LogP contribution is 2.09. The molecule has 1 aliphatic heterocycles. The largest absolute Gasteiger partial charge is 0.481 e. The molecule has 1 fully saturated rings. The standard InChI is InChI=1S/C14H20N2O2.2C2H4O2/c17-14(18)10-12-2-4-13(5-3-12)11-16-8-1-6-15-7-9-16;2*1-2(3)4/h2-5,15H,1,6-11H2,(H,17,18);2*1H3,(H,3,4). The molecule has 0 radical (unpaired) electrons. The van der Waals surface area contributed by atoms with Crippen molar-refractivity contribution in [1.82, 2.24) is 10.2 Å². The molecule has 8 nitrogen and oxygen atoms in total. The number of carboxylic acids is 3. The van der Waals surface area contributed by atoms with Crippen LogP contribution in [0, 0.1) is 0 Å². The minimum absolute atomic E-state index is 0.105. The molecule has 0 amide bonds. The zero-order chi connectivity index (χ0) is 19.9. The summed E-state index contributed by atoms with van der Waals surface area (Å²) in [7, 11) is 0. The monoisotopic (exact) mass is 368 g/mol. The molecular formula is C18H28N2O6. The Hall–Kier alpha value is -2.45. The highest BCUT2D eigenvalue weighted by Gasteiger charge is 2.09. The van der Waals surface area contributed by atoms with Crippen LogP contribution in [0.2, 0.25) is 0 Å². The van der Waals surface area contributed by atoms with E-state index < -0.39 is 17.9 Å². The second kappa shape index (κ2) is 13.8. The molecule has 1 heterocycles. The highest BCUT2D eigenvalue weighted by atomic mass is 16.4. The Morgan fingerprint density at radius 2 is 1.42 bits per heavy atom. The number of nitrogens with one attached hydrogen (secondary N) is 1. The van der Waals surface area contributed by atoms with Crippen molar-refractivity contribution < 1.29 is 29.7 Å². The van der Waals surface area contributed by atoms with Gasteiger partial charge in [0, 0.05) is 33.5 Å². The first-order valence-electron chi connectivity index (χ1n) is 8.32. The van der Waals surface area contributed by atoms with Gasteiger partial charge in [0.2, 0.25) is 0 Å². The lowest BCUT2D eigenvalue weighted by molar-refractivity contribution is -0.136. The summed E-state index contributed by atoms with van der Waals surface area (Å²) in [5.74, 6) is -2.44. The zero-order valence-electron chi connectivity index (χ0n) is 15.3. The molecule has 0 aromatic heterocycles. The second-order valence-electron chi connectivity index (χ2n) is 5.80. The van der Waals surface area contributed by atoms with E-state index >= 15 is 0 Å². The van der Waals surface area contributed by atoms with Gasteiger partial charge >= 0.3 is 5.97 Å². The molecule has 146 valence electrons. The van der Waals surface area contributed by atoms with Crippen molar-refractivity contribution in [3.05, 3.63) is 35.4 Å². The van der Waals surface area contributed by atoms with Crippen molar-refractivity contribution in [2.24, 2.45) is 0 Å². The van der Waals surface area contributed by atoms with Crippen LogP contribution in [0.4, 0.5) is 0 Å². The number of hydrogen-bond donors (Lipinski definition) is 4. The van der Waals surface area contributed by atoms with E-state index in [2.05, 4.69) is 10.2 Å². The van der Waals surface area contributed by atoms with Gasteiger partial charge in [-0.3, -0.25) is 19.3 Å². The second-order valence-corrected chi connectivity index (χ2v) is 5.80. The Bertz CT molecular complexity index is 531. The van der Waals surface area contributed by atoms with E-state index in [1.54, 1.807) is 0 Å². The average molecular weight is 368 g/mol. The van der Waals surface area contributed by atoms with E-state index in [1.165, 1.54) is 12.0 Å². The van der Waals surface area contributed by atoms with Crippen molar-refractivity contribution in [2.75, 3.05) is 26.2 Å². The number of rotatable bonds is 4. The Morgan fingerprint density at radius 3 is 1.92 bits per heavy atom. The highest BCUT2D eigenvalue weighted by molar-refractivity contribution is 5.70. The summed E-state index contributed by atoms with van der Waals surface area (Å²) in [4.78, 5) is 31.0. The molecule has 0 spiro atoms. The Labute approximate surface area is 153 Å². The quantitative estimate of drug-likeness (QED) is 0.626. The van der Waals surface area contributed by atoms with Gasteiger partial charge in [-0.25, -0.2) is 0 Å². The minimum Gasteiger partial charge on any atom is -0.481 e. The van der Waals surface area contributed by atoms with E-state index in [4.69, 9.17) is 24.9 Å². The fourth-order valence-corrected chi connectivity index (χ4v) is 2.26. The van der Waals surface area contributed by atoms with Crippen LogP contribution in [-0.4, -0.2) is 64.3 Å². The van der Waals surface area contributed by atoms with E-state index in [0.717, 1.165) is 52.1 Å². The van der Waals surface area contributed by atoms with E-state index in [9.17, 15) is 4.79 Å². The Kier molecular flexibility index (Phi) is 12.5. The SMILES string of the molecule is CC(=O)O.CC(=O)O.O=C(O)Cc1ccc(CN2CCCNCC2)cc1. The first kappa shape index (κ1) is 23.5. The molecule has 1 aliphatic rings. The summed E-state index contributed by atoms with van der Waals surface area (Å²) >= 11 is 0. The maximum absolute atomic E-state index is 10.6. The summed E-state index contributed by atoms with van der Waals surface area (Å²) in [6.45, 7) is 7.49. The zero-order valence-corrected chi connectivity index (χ0v) is 15.3.